The SMILES string of the molecule is CCN1C(=O)CCN1CCC(C)=O. The number of ketones is 1. The molecule has 4 nitrogen and oxygen atoms in total. The first-order valence-electron chi connectivity index (χ1n) is 4.69. The lowest BCUT2D eigenvalue weighted by Gasteiger charge is -2.26. The van der Waals surface area contributed by atoms with Crippen LogP contribution in [0.1, 0.15) is 26.7 Å². The van der Waals surface area contributed by atoms with Crippen molar-refractivity contribution in [1.82, 2.24) is 10.0 Å². The number of carbonyl (C=O) groups excluding carboxylic acids is 2. The number of hydrogen-bond donors (Lipinski definition) is 0. The maximum Gasteiger partial charge on any atom is 0.238 e. The van der Waals surface area contributed by atoms with Crippen molar-refractivity contribution >= 4 is 11.7 Å². The van der Waals surface area contributed by atoms with Crippen LogP contribution in [0.2, 0.25) is 0 Å². The fourth-order valence-corrected chi connectivity index (χ4v) is 1.53. The van der Waals surface area contributed by atoms with Crippen molar-refractivity contribution in [3.8, 4) is 0 Å². The molecule has 0 saturated carbocycles. The van der Waals surface area contributed by atoms with Gasteiger partial charge in [-0.05, 0) is 13.8 Å². The van der Waals surface area contributed by atoms with E-state index in [-0.39, 0.29) is 11.7 Å². The quantitative estimate of drug-likeness (QED) is 0.636. The van der Waals surface area contributed by atoms with Gasteiger partial charge in [0, 0.05) is 32.5 Å². The summed E-state index contributed by atoms with van der Waals surface area (Å²) in [6, 6.07) is 0. The molecule has 1 aliphatic heterocycles. The molecule has 0 unspecified atom stereocenters. The second-order valence-electron chi connectivity index (χ2n) is 3.27. The van der Waals surface area contributed by atoms with E-state index in [9.17, 15) is 9.59 Å². The lowest BCUT2D eigenvalue weighted by atomic mass is 10.3. The summed E-state index contributed by atoms with van der Waals surface area (Å²) in [5.74, 6) is 0.349. The van der Waals surface area contributed by atoms with Crippen LogP contribution in [0.25, 0.3) is 0 Å². The molecule has 0 aromatic heterocycles. The number of carbonyl (C=O) groups is 2. The smallest absolute Gasteiger partial charge is 0.238 e. The summed E-state index contributed by atoms with van der Waals surface area (Å²) in [6.45, 7) is 5.67. The molecule has 1 fully saturated rings. The van der Waals surface area contributed by atoms with Crippen LogP contribution in [0.4, 0.5) is 0 Å². The van der Waals surface area contributed by atoms with Crippen molar-refractivity contribution in [3.63, 3.8) is 0 Å². The highest BCUT2D eigenvalue weighted by atomic mass is 16.2. The minimum absolute atomic E-state index is 0.172. The molecule has 1 rings (SSSR count). The van der Waals surface area contributed by atoms with E-state index in [1.165, 1.54) is 0 Å². The first-order chi connectivity index (χ1) is 6.15. The van der Waals surface area contributed by atoms with Crippen LogP contribution >= 0.6 is 0 Å². The Balaban J connectivity index is 2.41. The van der Waals surface area contributed by atoms with E-state index in [0.29, 0.717) is 25.9 Å². The van der Waals surface area contributed by atoms with Gasteiger partial charge in [-0.1, -0.05) is 0 Å². The predicted octanol–water partition coefficient (Wildman–Crippen LogP) is 0.435. The topological polar surface area (TPSA) is 40.6 Å². The minimum Gasteiger partial charge on any atom is -0.300 e. The van der Waals surface area contributed by atoms with Gasteiger partial charge in [-0.3, -0.25) is 14.6 Å². The van der Waals surface area contributed by atoms with E-state index < -0.39 is 0 Å². The Morgan fingerprint density at radius 2 is 2.23 bits per heavy atom. The average Bonchev–Trinajstić information content (AvgIpc) is 2.42. The Kier molecular flexibility index (Phi) is 3.42. The first kappa shape index (κ1) is 10.2. The number of rotatable bonds is 4. The van der Waals surface area contributed by atoms with Gasteiger partial charge in [-0.15, -0.1) is 0 Å². The second-order valence-corrected chi connectivity index (χ2v) is 3.27. The minimum atomic E-state index is 0.172. The molecule has 0 atom stereocenters. The van der Waals surface area contributed by atoms with Crippen LogP contribution in [0.3, 0.4) is 0 Å². The van der Waals surface area contributed by atoms with Crippen molar-refractivity contribution in [2.75, 3.05) is 19.6 Å². The highest BCUT2D eigenvalue weighted by Gasteiger charge is 2.26. The zero-order chi connectivity index (χ0) is 9.84. The van der Waals surface area contributed by atoms with E-state index in [2.05, 4.69) is 0 Å². The van der Waals surface area contributed by atoms with Gasteiger partial charge in [0.1, 0.15) is 5.78 Å². The normalized spacial score (nSPS) is 18.3. The Labute approximate surface area is 78.5 Å². The van der Waals surface area contributed by atoms with Gasteiger partial charge in [0.2, 0.25) is 5.91 Å². The number of hydrogen-bond acceptors (Lipinski definition) is 3. The van der Waals surface area contributed by atoms with E-state index in [4.69, 9.17) is 0 Å². The third-order valence-electron chi connectivity index (χ3n) is 2.23. The van der Waals surface area contributed by atoms with E-state index in [0.717, 1.165) is 6.54 Å². The summed E-state index contributed by atoms with van der Waals surface area (Å²) < 4.78 is 0. The molecule has 74 valence electrons. The Hall–Kier alpha value is -0.900. The predicted molar refractivity (Wildman–Crippen MR) is 48.9 cm³/mol. The molecular formula is C9H16N2O2. The van der Waals surface area contributed by atoms with Crippen LogP contribution in [-0.2, 0) is 9.59 Å². The molecule has 1 saturated heterocycles. The molecule has 1 aliphatic rings. The van der Waals surface area contributed by atoms with Gasteiger partial charge in [0.05, 0.1) is 0 Å². The monoisotopic (exact) mass is 184 g/mol. The van der Waals surface area contributed by atoms with Gasteiger partial charge >= 0.3 is 0 Å². The summed E-state index contributed by atoms with van der Waals surface area (Å²) in [5.41, 5.74) is 0. The number of hydrazine groups is 1. The third kappa shape index (κ3) is 2.52. The molecule has 0 bridgehead atoms. The van der Waals surface area contributed by atoms with E-state index in [1.54, 1.807) is 11.9 Å². The maximum absolute atomic E-state index is 11.3. The molecule has 0 aromatic rings. The summed E-state index contributed by atoms with van der Waals surface area (Å²) in [7, 11) is 0. The molecule has 0 spiro atoms. The lowest BCUT2D eigenvalue weighted by molar-refractivity contribution is -0.138. The Morgan fingerprint density at radius 1 is 1.54 bits per heavy atom. The van der Waals surface area contributed by atoms with Crippen LogP contribution in [0.5, 0.6) is 0 Å². The standard InChI is InChI=1S/C9H16N2O2/c1-3-11-9(13)5-7-10(11)6-4-8(2)12/h3-7H2,1-2H3. The number of nitrogens with zero attached hydrogens (tertiary/aromatic N) is 2. The number of amides is 1. The van der Waals surface area contributed by atoms with Gasteiger partial charge in [-0.25, -0.2) is 5.01 Å². The average molecular weight is 184 g/mol. The van der Waals surface area contributed by atoms with Crippen LogP contribution in [0.15, 0.2) is 0 Å². The maximum atomic E-state index is 11.3. The van der Waals surface area contributed by atoms with Crippen LogP contribution in [0, 0.1) is 0 Å². The third-order valence-corrected chi connectivity index (χ3v) is 2.23. The Morgan fingerprint density at radius 3 is 2.77 bits per heavy atom. The van der Waals surface area contributed by atoms with Crippen molar-refractivity contribution in [1.29, 1.82) is 0 Å². The largest absolute Gasteiger partial charge is 0.300 e. The lowest BCUT2D eigenvalue weighted by Crippen LogP contribution is -2.39. The zero-order valence-corrected chi connectivity index (χ0v) is 8.25. The highest BCUT2D eigenvalue weighted by Crippen LogP contribution is 2.11. The van der Waals surface area contributed by atoms with Crippen molar-refractivity contribution in [2.45, 2.75) is 26.7 Å². The highest BCUT2D eigenvalue weighted by molar-refractivity contribution is 5.78. The molecule has 0 radical (unpaired) electrons. The summed E-state index contributed by atoms with van der Waals surface area (Å²) >= 11 is 0. The van der Waals surface area contributed by atoms with Gasteiger partial charge in [0.25, 0.3) is 0 Å². The second kappa shape index (κ2) is 4.37. The molecule has 13 heavy (non-hydrogen) atoms. The molecule has 1 amide bonds. The van der Waals surface area contributed by atoms with Gasteiger partial charge in [-0.2, -0.15) is 0 Å². The van der Waals surface area contributed by atoms with E-state index in [1.807, 2.05) is 11.9 Å². The van der Waals surface area contributed by atoms with E-state index >= 15 is 0 Å². The molecule has 1 heterocycles. The zero-order valence-electron chi connectivity index (χ0n) is 8.25. The molecular weight excluding hydrogens is 168 g/mol. The van der Waals surface area contributed by atoms with Gasteiger partial charge < -0.3 is 0 Å². The van der Waals surface area contributed by atoms with Crippen molar-refractivity contribution in [3.05, 3.63) is 0 Å². The molecule has 4 heteroatoms. The fraction of sp³-hybridized carbons (Fsp3) is 0.778. The van der Waals surface area contributed by atoms with Crippen LogP contribution < -0.4 is 0 Å². The van der Waals surface area contributed by atoms with Crippen molar-refractivity contribution in [2.24, 2.45) is 0 Å². The summed E-state index contributed by atoms with van der Waals surface area (Å²) in [4.78, 5) is 22.0. The van der Waals surface area contributed by atoms with Crippen molar-refractivity contribution < 1.29 is 9.59 Å². The fourth-order valence-electron chi connectivity index (χ4n) is 1.53. The molecule has 0 N–H and O–H groups in total. The summed E-state index contributed by atoms with van der Waals surface area (Å²) in [5, 5.41) is 3.69. The molecule has 0 aromatic carbocycles. The molecule has 0 aliphatic carbocycles. The summed E-state index contributed by atoms with van der Waals surface area (Å²) in [6.07, 6.45) is 1.12. The number of Topliss-reactive ketones (excluding diaryl/α,β-unsaturated/α-hetero) is 1. The van der Waals surface area contributed by atoms with Crippen LogP contribution in [-0.4, -0.2) is 41.3 Å². The first-order valence-corrected chi connectivity index (χ1v) is 4.69. The van der Waals surface area contributed by atoms with Gasteiger partial charge in [0.15, 0.2) is 0 Å². The Bertz CT molecular complexity index is 216.